The number of rotatable bonds is 2. The first-order chi connectivity index (χ1) is 10.3. The third-order valence-electron chi connectivity index (χ3n) is 6.79. The van der Waals surface area contributed by atoms with Gasteiger partial charge in [0.1, 0.15) is 0 Å². The molecule has 0 radical (unpaired) electrons. The van der Waals surface area contributed by atoms with E-state index in [-0.39, 0.29) is 0 Å². The summed E-state index contributed by atoms with van der Waals surface area (Å²) >= 11 is 2.08. The highest BCUT2D eigenvalue weighted by molar-refractivity contribution is 7.12. The van der Waals surface area contributed by atoms with E-state index in [0.717, 1.165) is 17.8 Å². The number of aromatic nitrogens is 1. The Morgan fingerprint density at radius 3 is 2.38 bits per heavy atom. The maximum absolute atomic E-state index is 5.22. The van der Waals surface area contributed by atoms with Crippen molar-refractivity contribution in [1.29, 1.82) is 0 Å². The van der Waals surface area contributed by atoms with Crippen molar-refractivity contribution in [3.05, 3.63) is 15.6 Å². The normalized spacial score (nSPS) is 44.0. The fourth-order valence-electron chi connectivity index (χ4n) is 6.29. The van der Waals surface area contributed by atoms with Gasteiger partial charge in [0, 0.05) is 16.3 Å². The first-order valence-electron chi connectivity index (χ1n) is 8.93. The van der Waals surface area contributed by atoms with Crippen molar-refractivity contribution in [1.82, 2.24) is 10.3 Å². The van der Waals surface area contributed by atoms with E-state index in [2.05, 4.69) is 23.7 Å². The number of fused-ring (bicyclic) bond motifs is 1. The molecule has 6 rings (SSSR count). The minimum atomic E-state index is 0.495. The Morgan fingerprint density at radius 1 is 1.10 bits per heavy atom. The van der Waals surface area contributed by atoms with Crippen molar-refractivity contribution in [2.24, 2.45) is 17.8 Å². The molecule has 1 aromatic heterocycles. The van der Waals surface area contributed by atoms with Crippen LogP contribution >= 0.6 is 11.3 Å². The molecule has 114 valence electrons. The number of hydrogen-bond donors (Lipinski definition) is 1. The summed E-state index contributed by atoms with van der Waals surface area (Å²) in [5, 5.41) is 5.05. The average molecular weight is 302 g/mol. The van der Waals surface area contributed by atoms with Crippen molar-refractivity contribution in [2.45, 2.75) is 69.2 Å². The third-order valence-corrected chi connectivity index (χ3v) is 8.25. The van der Waals surface area contributed by atoms with Crippen LogP contribution in [-0.2, 0) is 11.8 Å². The largest absolute Gasteiger partial charge is 0.312 e. The summed E-state index contributed by atoms with van der Waals surface area (Å²) in [6, 6.07) is 0.578. The summed E-state index contributed by atoms with van der Waals surface area (Å²) in [5.74, 6) is 3.08. The molecule has 3 heteroatoms. The summed E-state index contributed by atoms with van der Waals surface area (Å²) in [5.41, 5.74) is 1.94. The van der Waals surface area contributed by atoms with Crippen LogP contribution in [0.5, 0.6) is 0 Å². The lowest BCUT2D eigenvalue weighted by Crippen LogP contribution is -2.48. The molecule has 4 fully saturated rings. The van der Waals surface area contributed by atoms with E-state index in [1.807, 2.05) is 0 Å². The van der Waals surface area contributed by atoms with Gasteiger partial charge in [-0.25, -0.2) is 4.98 Å². The molecular weight excluding hydrogens is 276 g/mol. The lowest BCUT2D eigenvalue weighted by atomic mass is 9.50. The van der Waals surface area contributed by atoms with Gasteiger partial charge in [-0.1, -0.05) is 0 Å². The fraction of sp³-hybridized carbons (Fsp3) is 0.833. The van der Waals surface area contributed by atoms with Crippen LogP contribution in [0.1, 0.15) is 73.0 Å². The van der Waals surface area contributed by atoms with Gasteiger partial charge in [0.15, 0.2) is 0 Å². The molecule has 0 aromatic carbocycles. The Labute approximate surface area is 131 Å². The summed E-state index contributed by atoms with van der Waals surface area (Å²) in [6.07, 6.45) is 12.8. The highest BCUT2D eigenvalue weighted by Gasteiger charge is 2.53. The predicted octanol–water partition coefficient (Wildman–Crippen LogP) is 4.21. The van der Waals surface area contributed by atoms with Crippen LogP contribution in [0.2, 0.25) is 0 Å². The maximum Gasteiger partial charge on any atom is 0.0993 e. The molecule has 2 nitrogen and oxygen atoms in total. The van der Waals surface area contributed by atoms with E-state index in [9.17, 15) is 0 Å². The minimum Gasteiger partial charge on any atom is -0.312 e. The monoisotopic (exact) mass is 302 g/mol. The number of nitrogens with zero attached hydrogens (tertiary/aromatic N) is 1. The molecule has 1 atom stereocenters. The van der Waals surface area contributed by atoms with Crippen LogP contribution in [0, 0.1) is 17.8 Å². The quantitative estimate of drug-likeness (QED) is 0.885. The molecule has 1 unspecified atom stereocenters. The Morgan fingerprint density at radius 2 is 1.76 bits per heavy atom. The second-order valence-corrected chi connectivity index (χ2v) is 9.29. The number of thiazole rings is 1. The molecule has 0 aliphatic heterocycles. The highest BCUT2D eigenvalue weighted by atomic mass is 32.1. The van der Waals surface area contributed by atoms with Crippen LogP contribution in [0.4, 0.5) is 0 Å². The number of aryl methyl sites for hydroxylation is 1. The standard InChI is InChI=1S/C18H26N2S/c1-19-14-3-2-4-15-16(14)21-17(20-15)18-8-11-5-12(9-18)7-13(6-11)10-18/h11-14,19H,2-10H2,1H3. The van der Waals surface area contributed by atoms with Crippen LogP contribution in [0.3, 0.4) is 0 Å². The topological polar surface area (TPSA) is 24.9 Å². The average Bonchev–Trinajstić information content (AvgIpc) is 2.90. The minimum absolute atomic E-state index is 0.495. The zero-order valence-corrected chi connectivity index (χ0v) is 13.8. The van der Waals surface area contributed by atoms with E-state index in [4.69, 9.17) is 4.98 Å². The molecule has 5 aliphatic rings. The SMILES string of the molecule is CNC1CCCc2nc(C34CC5CC(CC(C5)C3)C4)sc21. The number of hydrogen-bond acceptors (Lipinski definition) is 3. The van der Waals surface area contributed by atoms with Crippen LogP contribution < -0.4 is 5.32 Å². The lowest BCUT2D eigenvalue weighted by Gasteiger charge is -2.56. The molecule has 4 bridgehead atoms. The van der Waals surface area contributed by atoms with Crippen molar-refractivity contribution in [2.75, 3.05) is 7.05 Å². The van der Waals surface area contributed by atoms with E-state index in [1.54, 1.807) is 4.88 Å². The zero-order valence-electron chi connectivity index (χ0n) is 13.0. The van der Waals surface area contributed by atoms with Gasteiger partial charge in [-0.3, -0.25) is 0 Å². The van der Waals surface area contributed by atoms with E-state index >= 15 is 0 Å². The maximum atomic E-state index is 5.22. The highest BCUT2D eigenvalue weighted by Crippen LogP contribution is 2.61. The molecular formula is C18H26N2S. The van der Waals surface area contributed by atoms with E-state index in [0.29, 0.717) is 11.5 Å². The van der Waals surface area contributed by atoms with Crippen LogP contribution in [0.15, 0.2) is 0 Å². The lowest BCUT2D eigenvalue weighted by molar-refractivity contribution is -0.00533. The molecule has 5 aliphatic carbocycles. The van der Waals surface area contributed by atoms with Crippen molar-refractivity contribution < 1.29 is 0 Å². The fourth-order valence-corrected chi connectivity index (χ4v) is 7.77. The predicted molar refractivity (Wildman–Crippen MR) is 86.7 cm³/mol. The summed E-state index contributed by atoms with van der Waals surface area (Å²) in [6.45, 7) is 0. The first kappa shape index (κ1) is 13.1. The molecule has 0 saturated heterocycles. The van der Waals surface area contributed by atoms with E-state index < -0.39 is 0 Å². The summed E-state index contributed by atoms with van der Waals surface area (Å²) < 4.78 is 0. The van der Waals surface area contributed by atoms with Gasteiger partial charge in [0.25, 0.3) is 0 Å². The second kappa shape index (κ2) is 4.55. The van der Waals surface area contributed by atoms with Crippen LogP contribution in [0.25, 0.3) is 0 Å². The molecule has 0 amide bonds. The molecule has 1 heterocycles. The van der Waals surface area contributed by atoms with Gasteiger partial charge in [0.2, 0.25) is 0 Å². The molecule has 4 saturated carbocycles. The zero-order chi connectivity index (χ0) is 14.0. The van der Waals surface area contributed by atoms with Gasteiger partial charge < -0.3 is 5.32 Å². The Kier molecular flexibility index (Phi) is 2.83. The van der Waals surface area contributed by atoms with Gasteiger partial charge in [-0.05, 0) is 82.6 Å². The Bertz CT molecular complexity index is 526. The Balaban J connectivity index is 1.54. The molecule has 21 heavy (non-hydrogen) atoms. The molecule has 0 spiro atoms. The molecule has 1 aromatic rings. The Hall–Kier alpha value is -0.410. The van der Waals surface area contributed by atoms with Crippen molar-refractivity contribution >= 4 is 11.3 Å². The van der Waals surface area contributed by atoms with Gasteiger partial charge in [-0.15, -0.1) is 11.3 Å². The van der Waals surface area contributed by atoms with Gasteiger partial charge >= 0.3 is 0 Å². The van der Waals surface area contributed by atoms with Crippen molar-refractivity contribution in [3.8, 4) is 0 Å². The summed E-state index contributed by atoms with van der Waals surface area (Å²) in [4.78, 5) is 6.80. The van der Waals surface area contributed by atoms with Crippen molar-refractivity contribution in [3.63, 3.8) is 0 Å². The smallest absolute Gasteiger partial charge is 0.0993 e. The molecule has 1 N–H and O–H groups in total. The second-order valence-electron chi connectivity index (χ2n) is 8.26. The van der Waals surface area contributed by atoms with Gasteiger partial charge in [-0.2, -0.15) is 0 Å². The van der Waals surface area contributed by atoms with E-state index in [1.165, 1.54) is 68.5 Å². The third kappa shape index (κ3) is 1.89. The van der Waals surface area contributed by atoms with Gasteiger partial charge in [0.05, 0.1) is 10.7 Å². The number of nitrogens with one attached hydrogen (secondary N) is 1. The first-order valence-corrected chi connectivity index (χ1v) is 9.75. The summed E-state index contributed by atoms with van der Waals surface area (Å²) in [7, 11) is 2.11. The van der Waals surface area contributed by atoms with Crippen LogP contribution in [-0.4, -0.2) is 12.0 Å².